The molecule has 0 aliphatic carbocycles. The Hall–Kier alpha value is -1.68. The summed E-state index contributed by atoms with van der Waals surface area (Å²) in [5.41, 5.74) is 3.02. The van der Waals surface area contributed by atoms with Crippen LogP contribution in [0.5, 0.6) is 0 Å². The molecule has 0 amide bonds. The summed E-state index contributed by atoms with van der Waals surface area (Å²) in [6.07, 6.45) is 0. The van der Waals surface area contributed by atoms with Crippen molar-refractivity contribution in [3.63, 3.8) is 0 Å². The largest absolute Gasteiger partial charge is 0.478 e. The third-order valence-electron chi connectivity index (χ3n) is 2.98. The lowest BCUT2D eigenvalue weighted by Crippen LogP contribution is -2.02. The van der Waals surface area contributed by atoms with Crippen molar-refractivity contribution in [3.05, 3.63) is 57.3 Å². The Bertz CT molecular complexity index is 642. The van der Waals surface area contributed by atoms with Gasteiger partial charge in [-0.05, 0) is 60.4 Å². The van der Waals surface area contributed by atoms with E-state index in [9.17, 15) is 14.3 Å². The minimum absolute atomic E-state index is 0.201. The Morgan fingerprint density at radius 1 is 1.16 bits per heavy atom. The highest BCUT2D eigenvalue weighted by Crippen LogP contribution is 2.32. The highest BCUT2D eigenvalue weighted by Gasteiger charge is 2.16. The van der Waals surface area contributed by atoms with Crippen LogP contribution in [0.1, 0.15) is 21.5 Å². The molecular weight excluding hydrogens is 311 g/mol. The van der Waals surface area contributed by atoms with Crippen LogP contribution >= 0.6 is 15.9 Å². The lowest BCUT2D eigenvalue weighted by Gasteiger charge is -2.13. The summed E-state index contributed by atoms with van der Waals surface area (Å²) < 4.78 is 14.0. The molecule has 98 valence electrons. The summed E-state index contributed by atoms with van der Waals surface area (Å²) in [7, 11) is 0. The molecule has 0 aliphatic heterocycles. The molecule has 0 atom stereocenters. The number of hydrogen-bond acceptors (Lipinski definition) is 1. The highest BCUT2D eigenvalue weighted by atomic mass is 79.9. The number of carboxylic acid groups (broad SMARTS) is 1. The van der Waals surface area contributed by atoms with Crippen molar-refractivity contribution in [2.75, 3.05) is 0 Å². The Kier molecular flexibility index (Phi) is 3.71. The third kappa shape index (κ3) is 2.68. The van der Waals surface area contributed by atoms with E-state index in [1.54, 1.807) is 32.0 Å². The van der Waals surface area contributed by atoms with Crippen molar-refractivity contribution in [3.8, 4) is 11.1 Å². The Morgan fingerprint density at radius 2 is 1.74 bits per heavy atom. The van der Waals surface area contributed by atoms with Gasteiger partial charge >= 0.3 is 5.97 Å². The van der Waals surface area contributed by atoms with Gasteiger partial charge < -0.3 is 5.11 Å². The minimum Gasteiger partial charge on any atom is -0.478 e. The van der Waals surface area contributed by atoms with E-state index in [-0.39, 0.29) is 11.4 Å². The van der Waals surface area contributed by atoms with E-state index < -0.39 is 5.97 Å². The van der Waals surface area contributed by atoms with Crippen molar-refractivity contribution >= 4 is 21.9 Å². The number of aryl methyl sites for hydroxylation is 2. The first kappa shape index (κ1) is 13.7. The summed E-state index contributed by atoms with van der Waals surface area (Å²) in [4.78, 5) is 11.3. The van der Waals surface area contributed by atoms with Crippen molar-refractivity contribution in [1.29, 1.82) is 0 Å². The van der Waals surface area contributed by atoms with E-state index in [1.165, 1.54) is 12.1 Å². The lowest BCUT2D eigenvalue weighted by atomic mass is 9.92. The molecule has 0 unspecified atom stereocenters. The quantitative estimate of drug-likeness (QED) is 0.879. The first-order valence-electron chi connectivity index (χ1n) is 5.70. The van der Waals surface area contributed by atoms with Gasteiger partial charge in [-0.15, -0.1) is 0 Å². The average molecular weight is 323 g/mol. The fourth-order valence-corrected chi connectivity index (χ4v) is 2.61. The molecular formula is C15H12BrFO2. The predicted molar refractivity (Wildman–Crippen MR) is 76.0 cm³/mol. The monoisotopic (exact) mass is 322 g/mol. The zero-order chi connectivity index (χ0) is 14.2. The van der Waals surface area contributed by atoms with Crippen LogP contribution in [0.2, 0.25) is 0 Å². The van der Waals surface area contributed by atoms with E-state index in [0.717, 1.165) is 16.7 Å². The van der Waals surface area contributed by atoms with Crippen molar-refractivity contribution in [1.82, 2.24) is 0 Å². The number of carbonyl (C=O) groups is 1. The highest BCUT2D eigenvalue weighted by molar-refractivity contribution is 9.10. The normalized spacial score (nSPS) is 10.5. The van der Waals surface area contributed by atoms with Crippen LogP contribution in [-0.4, -0.2) is 11.1 Å². The van der Waals surface area contributed by atoms with Gasteiger partial charge in [0.2, 0.25) is 0 Å². The summed E-state index contributed by atoms with van der Waals surface area (Å²) in [5.74, 6) is -1.31. The molecule has 0 aromatic heterocycles. The fraction of sp³-hybridized carbons (Fsp3) is 0.133. The second kappa shape index (κ2) is 5.13. The van der Waals surface area contributed by atoms with Gasteiger partial charge in [-0.2, -0.15) is 0 Å². The average Bonchev–Trinajstić information content (AvgIpc) is 2.29. The van der Waals surface area contributed by atoms with Crippen LogP contribution in [0.4, 0.5) is 4.39 Å². The van der Waals surface area contributed by atoms with Crippen LogP contribution in [-0.2, 0) is 0 Å². The second-order valence-electron chi connectivity index (χ2n) is 4.41. The predicted octanol–water partition coefficient (Wildman–Crippen LogP) is 4.57. The molecule has 0 saturated heterocycles. The van der Waals surface area contributed by atoms with Gasteiger partial charge in [-0.3, -0.25) is 0 Å². The molecule has 0 spiro atoms. The molecule has 2 nitrogen and oxygen atoms in total. The standard InChI is InChI=1S/C15H12BrFO2/c1-8-5-11(17)6-9(2)14(8)12-4-3-10(16)7-13(12)15(18)19/h3-7H,1-2H3,(H,18,19). The third-order valence-corrected chi connectivity index (χ3v) is 3.47. The summed E-state index contributed by atoms with van der Waals surface area (Å²) in [6, 6.07) is 7.90. The van der Waals surface area contributed by atoms with Crippen molar-refractivity contribution < 1.29 is 14.3 Å². The van der Waals surface area contributed by atoms with E-state index in [4.69, 9.17) is 0 Å². The minimum atomic E-state index is -1.00. The van der Waals surface area contributed by atoms with E-state index in [2.05, 4.69) is 15.9 Å². The van der Waals surface area contributed by atoms with Gasteiger partial charge in [0.1, 0.15) is 5.82 Å². The lowest BCUT2D eigenvalue weighted by molar-refractivity contribution is 0.0697. The number of hydrogen-bond donors (Lipinski definition) is 1. The Balaban J connectivity index is 2.76. The van der Waals surface area contributed by atoms with E-state index >= 15 is 0 Å². The molecule has 2 aromatic rings. The molecule has 0 fully saturated rings. The van der Waals surface area contributed by atoms with Crippen LogP contribution in [0.15, 0.2) is 34.8 Å². The molecule has 0 radical (unpaired) electrons. The molecule has 0 aliphatic rings. The Morgan fingerprint density at radius 3 is 2.26 bits per heavy atom. The van der Waals surface area contributed by atoms with Crippen LogP contribution in [0.3, 0.4) is 0 Å². The second-order valence-corrected chi connectivity index (χ2v) is 5.33. The number of rotatable bonds is 2. The number of aromatic carboxylic acids is 1. The van der Waals surface area contributed by atoms with Crippen LogP contribution in [0.25, 0.3) is 11.1 Å². The zero-order valence-corrected chi connectivity index (χ0v) is 12.1. The molecule has 0 bridgehead atoms. The maximum atomic E-state index is 13.3. The summed E-state index contributed by atoms with van der Waals surface area (Å²) in [6.45, 7) is 3.55. The molecule has 19 heavy (non-hydrogen) atoms. The van der Waals surface area contributed by atoms with Gasteiger partial charge in [0, 0.05) is 4.47 Å². The first-order chi connectivity index (χ1) is 8.90. The van der Waals surface area contributed by atoms with Gasteiger partial charge in [0.25, 0.3) is 0 Å². The van der Waals surface area contributed by atoms with Crippen LogP contribution in [0, 0.1) is 19.7 Å². The molecule has 2 aromatic carbocycles. The zero-order valence-electron chi connectivity index (χ0n) is 10.5. The van der Waals surface area contributed by atoms with E-state index in [0.29, 0.717) is 10.0 Å². The smallest absolute Gasteiger partial charge is 0.336 e. The summed E-state index contributed by atoms with van der Waals surface area (Å²) >= 11 is 3.26. The Labute approximate surface area is 119 Å². The van der Waals surface area contributed by atoms with Crippen molar-refractivity contribution in [2.24, 2.45) is 0 Å². The molecule has 0 heterocycles. The summed E-state index contributed by atoms with van der Waals surface area (Å²) in [5, 5.41) is 9.29. The molecule has 0 saturated carbocycles. The maximum Gasteiger partial charge on any atom is 0.336 e. The van der Waals surface area contributed by atoms with Gasteiger partial charge in [-0.25, -0.2) is 9.18 Å². The van der Waals surface area contributed by atoms with E-state index in [1.807, 2.05) is 0 Å². The number of carboxylic acids is 1. The topological polar surface area (TPSA) is 37.3 Å². The number of halogens is 2. The molecule has 1 N–H and O–H groups in total. The molecule has 4 heteroatoms. The molecule has 2 rings (SSSR count). The number of benzene rings is 2. The fourth-order valence-electron chi connectivity index (χ4n) is 2.25. The van der Waals surface area contributed by atoms with Crippen molar-refractivity contribution in [2.45, 2.75) is 13.8 Å². The van der Waals surface area contributed by atoms with Gasteiger partial charge in [0.15, 0.2) is 0 Å². The van der Waals surface area contributed by atoms with Gasteiger partial charge in [0.05, 0.1) is 5.56 Å². The maximum absolute atomic E-state index is 13.3. The first-order valence-corrected chi connectivity index (χ1v) is 6.49. The van der Waals surface area contributed by atoms with Gasteiger partial charge in [-0.1, -0.05) is 22.0 Å². The SMILES string of the molecule is Cc1cc(F)cc(C)c1-c1ccc(Br)cc1C(=O)O. The van der Waals surface area contributed by atoms with Crippen LogP contribution < -0.4 is 0 Å².